The van der Waals surface area contributed by atoms with Crippen molar-refractivity contribution in [3.05, 3.63) is 58.7 Å². The average molecular weight is 444 g/mol. The molecule has 0 unspecified atom stereocenters. The standard InChI is InChI=1S/C10H13NO2.C9H7N5O5/c1-7(11)8-3-5-9(6-4-8)10(12)13-2;1-19-8(18)4-2-3(7(16)17)11-9-12-6(5(10)15)13-14(4)9/h3-7H,11H2,1-2H3;2H,1H3,(H2,10,15)(H,16,17)/t7-;/m1./s1. The highest BCUT2D eigenvalue weighted by atomic mass is 16.5. The van der Waals surface area contributed by atoms with E-state index in [1.165, 1.54) is 7.11 Å². The molecule has 3 aromatic rings. The Labute approximate surface area is 181 Å². The van der Waals surface area contributed by atoms with E-state index in [4.69, 9.17) is 16.6 Å². The van der Waals surface area contributed by atoms with E-state index in [2.05, 4.69) is 24.5 Å². The smallest absolute Gasteiger partial charge is 0.356 e. The molecule has 0 radical (unpaired) electrons. The molecule has 1 atom stereocenters. The molecule has 1 amide bonds. The zero-order valence-corrected chi connectivity index (χ0v) is 17.3. The van der Waals surface area contributed by atoms with Gasteiger partial charge in [0, 0.05) is 12.1 Å². The number of hydrogen-bond donors (Lipinski definition) is 3. The minimum Gasteiger partial charge on any atom is -0.477 e. The van der Waals surface area contributed by atoms with Gasteiger partial charge in [0.15, 0.2) is 11.4 Å². The molecule has 0 aliphatic carbocycles. The van der Waals surface area contributed by atoms with Crippen molar-refractivity contribution in [2.75, 3.05) is 14.2 Å². The summed E-state index contributed by atoms with van der Waals surface area (Å²) in [5.74, 6) is -4.10. The lowest BCUT2D eigenvalue weighted by Crippen LogP contribution is -2.15. The SMILES string of the molecule is COC(=O)c1cc(C(=O)O)nc2nc(C(N)=O)nn12.COC(=O)c1ccc([C@@H](C)N)cc1. The van der Waals surface area contributed by atoms with Crippen LogP contribution in [0.1, 0.15) is 60.5 Å². The van der Waals surface area contributed by atoms with Crippen LogP contribution in [0.3, 0.4) is 0 Å². The first kappa shape index (κ1) is 23.9. The molecule has 0 saturated carbocycles. The number of carboxylic acid groups (broad SMARTS) is 1. The van der Waals surface area contributed by atoms with Crippen LogP contribution in [0.2, 0.25) is 0 Å². The number of methoxy groups -OCH3 is 2. The topological polar surface area (TPSA) is 202 Å². The lowest BCUT2D eigenvalue weighted by molar-refractivity contribution is 0.0585. The molecule has 1 aromatic carbocycles. The molecule has 5 N–H and O–H groups in total. The molecule has 0 spiro atoms. The number of aromatic carboxylic acids is 1. The Hall–Kier alpha value is -4.39. The van der Waals surface area contributed by atoms with Crippen LogP contribution in [0.4, 0.5) is 0 Å². The number of rotatable bonds is 5. The van der Waals surface area contributed by atoms with Gasteiger partial charge in [0.2, 0.25) is 5.82 Å². The van der Waals surface area contributed by atoms with Gasteiger partial charge in [-0.25, -0.2) is 19.4 Å². The molecule has 0 saturated heterocycles. The number of aromatic nitrogens is 4. The van der Waals surface area contributed by atoms with Crippen molar-refractivity contribution < 1.29 is 33.8 Å². The summed E-state index contributed by atoms with van der Waals surface area (Å²) >= 11 is 0. The Morgan fingerprint density at radius 3 is 2.09 bits per heavy atom. The number of carbonyl (C=O) groups excluding carboxylic acids is 3. The maximum absolute atomic E-state index is 11.5. The maximum Gasteiger partial charge on any atom is 0.356 e. The van der Waals surface area contributed by atoms with Gasteiger partial charge in [-0.1, -0.05) is 12.1 Å². The van der Waals surface area contributed by atoms with E-state index in [0.717, 1.165) is 23.3 Å². The Morgan fingerprint density at radius 1 is 1.03 bits per heavy atom. The van der Waals surface area contributed by atoms with Gasteiger partial charge in [0.1, 0.15) is 0 Å². The van der Waals surface area contributed by atoms with Gasteiger partial charge in [0.25, 0.3) is 11.7 Å². The van der Waals surface area contributed by atoms with Crippen LogP contribution in [0.5, 0.6) is 0 Å². The number of nitrogens with zero attached hydrogens (tertiary/aromatic N) is 4. The number of ether oxygens (including phenoxy) is 2. The Bertz CT molecular complexity index is 1170. The molecular formula is C19H20N6O7. The van der Waals surface area contributed by atoms with Crippen LogP contribution in [0, 0.1) is 0 Å². The van der Waals surface area contributed by atoms with Crippen molar-refractivity contribution in [1.29, 1.82) is 0 Å². The van der Waals surface area contributed by atoms with E-state index in [0.29, 0.717) is 5.56 Å². The van der Waals surface area contributed by atoms with Crippen LogP contribution in [0.15, 0.2) is 30.3 Å². The summed E-state index contributed by atoms with van der Waals surface area (Å²) in [6.45, 7) is 1.90. The van der Waals surface area contributed by atoms with Gasteiger partial charge in [0.05, 0.1) is 19.8 Å². The highest BCUT2D eigenvalue weighted by Gasteiger charge is 2.21. The Balaban J connectivity index is 0.000000244. The molecule has 0 aliphatic rings. The van der Waals surface area contributed by atoms with Crippen LogP contribution in [-0.4, -0.2) is 62.7 Å². The fourth-order valence-electron chi connectivity index (χ4n) is 2.37. The predicted molar refractivity (Wildman–Crippen MR) is 108 cm³/mol. The number of esters is 2. The van der Waals surface area contributed by atoms with Crippen LogP contribution >= 0.6 is 0 Å². The molecule has 0 fully saturated rings. The second kappa shape index (κ2) is 10.1. The fourth-order valence-corrected chi connectivity index (χ4v) is 2.37. The van der Waals surface area contributed by atoms with Gasteiger partial charge in [-0.15, -0.1) is 5.10 Å². The van der Waals surface area contributed by atoms with E-state index in [1.807, 2.05) is 19.1 Å². The first-order chi connectivity index (χ1) is 15.1. The number of fused-ring (bicyclic) bond motifs is 1. The van der Waals surface area contributed by atoms with E-state index in [-0.39, 0.29) is 29.3 Å². The highest BCUT2D eigenvalue weighted by molar-refractivity contribution is 5.93. The summed E-state index contributed by atoms with van der Waals surface area (Å²) in [7, 11) is 2.47. The number of benzene rings is 1. The van der Waals surface area contributed by atoms with Crippen LogP contribution in [0.25, 0.3) is 5.78 Å². The molecule has 0 aliphatic heterocycles. The predicted octanol–water partition coefficient (Wildman–Crippen LogP) is 0.201. The molecule has 32 heavy (non-hydrogen) atoms. The fraction of sp³-hybridized carbons (Fsp3) is 0.211. The van der Waals surface area contributed by atoms with Crippen LogP contribution < -0.4 is 11.5 Å². The largest absolute Gasteiger partial charge is 0.477 e. The average Bonchev–Trinajstić information content (AvgIpc) is 3.22. The second-order valence-electron chi connectivity index (χ2n) is 6.24. The van der Waals surface area contributed by atoms with Crippen molar-refractivity contribution in [2.45, 2.75) is 13.0 Å². The molecular weight excluding hydrogens is 424 g/mol. The molecule has 13 heteroatoms. The summed E-state index contributed by atoms with van der Waals surface area (Å²) in [6, 6.07) is 8.04. The summed E-state index contributed by atoms with van der Waals surface area (Å²) in [4.78, 5) is 51.7. The normalized spacial score (nSPS) is 11.1. The number of hydrogen-bond acceptors (Lipinski definition) is 10. The van der Waals surface area contributed by atoms with Gasteiger partial charge < -0.3 is 26.0 Å². The summed E-state index contributed by atoms with van der Waals surface area (Å²) < 4.78 is 9.94. The van der Waals surface area contributed by atoms with E-state index in [1.54, 1.807) is 12.1 Å². The van der Waals surface area contributed by atoms with Crippen LogP contribution in [-0.2, 0) is 9.47 Å². The minimum absolute atomic E-state index is 0.00769. The summed E-state index contributed by atoms with van der Waals surface area (Å²) in [6.07, 6.45) is 0. The summed E-state index contributed by atoms with van der Waals surface area (Å²) in [5.41, 5.74) is 11.5. The molecule has 168 valence electrons. The molecule has 13 nitrogen and oxygen atoms in total. The zero-order valence-electron chi connectivity index (χ0n) is 17.3. The molecule has 2 aromatic heterocycles. The van der Waals surface area contributed by atoms with Crippen molar-refractivity contribution in [3.8, 4) is 0 Å². The molecule has 3 rings (SSSR count). The van der Waals surface area contributed by atoms with Crippen molar-refractivity contribution >= 4 is 29.6 Å². The van der Waals surface area contributed by atoms with E-state index in [9.17, 15) is 19.2 Å². The third-order valence-corrected chi connectivity index (χ3v) is 4.00. The lowest BCUT2D eigenvalue weighted by Gasteiger charge is -2.05. The number of amides is 1. The van der Waals surface area contributed by atoms with Crippen molar-refractivity contribution in [2.24, 2.45) is 11.5 Å². The van der Waals surface area contributed by atoms with Gasteiger partial charge in [-0.2, -0.15) is 9.50 Å². The second-order valence-corrected chi connectivity index (χ2v) is 6.24. The van der Waals surface area contributed by atoms with Crippen molar-refractivity contribution in [1.82, 2.24) is 19.6 Å². The van der Waals surface area contributed by atoms with E-state index < -0.39 is 23.5 Å². The third-order valence-electron chi connectivity index (χ3n) is 4.00. The monoisotopic (exact) mass is 444 g/mol. The van der Waals surface area contributed by atoms with Gasteiger partial charge in [-0.05, 0) is 24.6 Å². The van der Waals surface area contributed by atoms with Gasteiger partial charge >= 0.3 is 17.9 Å². The Morgan fingerprint density at radius 2 is 1.62 bits per heavy atom. The number of carboxylic acids is 1. The maximum atomic E-state index is 11.5. The molecule has 0 bridgehead atoms. The molecule has 2 heterocycles. The first-order valence-corrected chi connectivity index (χ1v) is 8.92. The van der Waals surface area contributed by atoms with E-state index >= 15 is 0 Å². The first-order valence-electron chi connectivity index (χ1n) is 8.92. The summed E-state index contributed by atoms with van der Waals surface area (Å²) in [5, 5.41) is 12.5. The Kier molecular flexibility index (Phi) is 7.52. The number of primary amides is 1. The quantitative estimate of drug-likeness (QED) is 0.454. The lowest BCUT2D eigenvalue weighted by atomic mass is 10.1. The third kappa shape index (κ3) is 5.40. The zero-order chi connectivity index (χ0) is 24.0. The highest BCUT2D eigenvalue weighted by Crippen LogP contribution is 2.11. The number of nitrogens with two attached hydrogens (primary N) is 2. The number of carbonyl (C=O) groups is 4. The van der Waals surface area contributed by atoms with Crippen molar-refractivity contribution in [3.63, 3.8) is 0 Å². The minimum atomic E-state index is -1.36. The van der Waals surface area contributed by atoms with Gasteiger partial charge in [-0.3, -0.25) is 4.79 Å².